The third-order valence-electron chi connectivity index (χ3n) is 2.96. The average molecular weight is 291 g/mol. The van der Waals surface area contributed by atoms with Gasteiger partial charge in [-0.2, -0.15) is 0 Å². The van der Waals surface area contributed by atoms with Gasteiger partial charge in [0, 0.05) is 6.08 Å². The Morgan fingerprint density at radius 1 is 1.14 bits per heavy atom. The van der Waals surface area contributed by atoms with Crippen LogP contribution < -0.4 is 10.1 Å². The van der Waals surface area contributed by atoms with Crippen LogP contribution in [0.3, 0.4) is 0 Å². The van der Waals surface area contributed by atoms with Gasteiger partial charge in [0.25, 0.3) is 0 Å². The van der Waals surface area contributed by atoms with Crippen LogP contribution in [0.4, 0.5) is 0 Å². The Morgan fingerprint density at radius 2 is 1.76 bits per heavy atom. The second-order valence-corrected chi connectivity index (χ2v) is 4.86. The molecule has 0 aliphatic heterocycles. The number of benzene rings is 1. The summed E-state index contributed by atoms with van der Waals surface area (Å²) in [7, 11) is 2.90. The first kappa shape index (κ1) is 16.8. The van der Waals surface area contributed by atoms with Crippen LogP contribution in [0, 0.1) is 5.92 Å². The highest BCUT2D eigenvalue weighted by Gasteiger charge is 2.23. The zero-order chi connectivity index (χ0) is 15.8. The molecular weight excluding hydrogens is 270 g/mol. The number of hydrogen-bond donors (Lipinski definition) is 1. The van der Waals surface area contributed by atoms with Gasteiger partial charge in [-0.1, -0.05) is 26.0 Å². The fraction of sp³-hybridized carbons (Fsp3) is 0.375. The molecule has 0 saturated heterocycles. The number of rotatable bonds is 6. The van der Waals surface area contributed by atoms with Crippen LogP contribution >= 0.6 is 0 Å². The van der Waals surface area contributed by atoms with Gasteiger partial charge in [0.2, 0.25) is 5.91 Å². The van der Waals surface area contributed by atoms with E-state index in [4.69, 9.17) is 4.74 Å². The zero-order valence-electron chi connectivity index (χ0n) is 12.8. The molecule has 1 N–H and O–H groups in total. The fourth-order valence-electron chi connectivity index (χ4n) is 1.71. The lowest BCUT2D eigenvalue weighted by Gasteiger charge is -2.18. The summed E-state index contributed by atoms with van der Waals surface area (Å²) in [6.45, 7) is 3.68. The summed E-state index contributed by atoms with van der Waals surface area (Å²) in [6.07, 6.45) is 3.06. The van der Waals surface area contributed by atoms with E-state index in [-0.39, 0.29) is 11.8 Å². The van der Waals surface area contributed by atoms with E-state index >= 15 is 0 Å². The summed E-state index contributed by atoms with van der Waals surface area (Å²) >= 11 is 0. The van der Waals surface area contributed by atoms with Crippen LogP contribution in [-0.4, -0.2) is 32.1 Å². The molecule has 5 nitrogen and oxygen atoms in total. The van der Waals surface area contributed by atoms with Crippen LogP contribution in [0.5, 0.6) is 5.75 Å². The lowest BCUT2D eigenvalue weighted by atomic mass is 10.0. The van der Waals surface area contributed by atoms with Crippen molar-refractivity contribution >= 4 is 18.0 Å². The van der Waals surface area contributed by atoms with Gasteiger partial charge < -0.3 is 14.8 Å². The summed E-state index contributed by atoms with van der Waals surface area (Å²) in [5, 5.41) is 2.63. The normalized spacial score (nSPS) is 12.2. The molecular formula is C16H21NO4. The van der Waals surface area contributed by atoms with Gasteiger partial charge in [-0.25, -0.2) is 4.79 Å². The maximum absolute atomic E-state index is 11.8. The maximum atomic E-state index is 11.8. The van der Waals surface area contributed by atoms with Crippen molar-refractivity contribution in [3.05, 3.63) is 35.9 Å². The van der Waals surface area contributed by atoms with Gasteiger partial charge in [0.05, 0.1) is 14.2 Å². The molecule has 0 radical (unpaired) electrons. The number of esters is 1. The SMILES string of the molecule is COC(=O)C(NC(=O)/C=C/c1ccc(OC)cc1)C(C)C. The Morgan fingerprint density at radius 3 is 2.24 bits per heavy atom. The summed E-state index contributed by atoms with van der Waals surface area (Å²) in [5.41, 5.74) is 0.866. The Hall–Kier alpha value is -2.30. The molecule has 0 fully saturated rings. The van der Waals surface area contributed by atoms with E-state index < -0.39 is 12.0 Å². The zero-order valence-corrected chi connectivity index (χ0v) is 12.8. The molecule has 0 saturated carbocycles. The van der Waals surface area contributed by atoms with E-state index in [1.165, 1.54) is 13.2 Å². The third-order valence-corrected chi connectivity index (χ3v) is 2.96. The highest BCUT2D eigenvalue weighted by atomic mass is 16.5. The predicted molar refractivity (Wildman–Crippen MR) is 80.8 cm³/mol. The predicted octanol–water partition coefficient (Wildman–Crippen LogP) is 2.02. The van der Waals surface area contributed by atoms with Crippen molar-refractivity contribution in [3.8, 4) is 5.75 Å². The fourth-order valence-corrected chi connectivity index (χ4v) is 1.71. The quantitative estimate of drug-likeness (QED) is 0.643. The molecule has 1 unspecified atom stereocenters. The van der Waals surface area contributed by atoms with Gasteiger partial charge in [0.15, 0.2) is 0 Å². The average Bonchev–Trinajstić information content (AvgIpc) is 2.50. The standard InChI is InChI=1S/C16H21NO4/c1-11(2)15(16(19)21-4)17-14(18)10-7-12-5-8-13(20-3)9-6-12/h5-11,15H,1-4H3,(H,17,18)/b10-7+. The Labute approximate surface area is 124 Å². The molecule has 0 spiro atoms. The van der Waals surface area contributed by atoms with E-state index in [2.05, 4.69) is 10.1 Å². The van der Waals surface area contributed by atoms with Crippen molar-refractivity contribution in [1.29, 1.82) is 0 Å². The highest BCUT2D eigenvalue weighted by molar-refractivity contribution is 5.94. The van der Waals surface area contributed by atoms with Gasteiger partial charge in [0.1, 0.15) is 11.8 Å². The number of methoxy groups -OCH3 is 2. The molecule has 21 heavy (non-hydrogen) atoms. The second-order valence-electron chi connectivity index (χ2n) is 4.86. The summed E-state index contributed by atoms with van der Waals surface area (Å²) in [6, 6.07) is 6.64. The van der Waals surface area contributed by atoms with Gasteiger partial charge in [-0.05, 0) is 29.7 Å². The van der Waals surface area contributed by atoms with Crippen molar-refractivity contribution in [2.24, 2.45) is 5.92 Å². The largest absolute Gasteiger partial charge is 0.497 e. The molecule has 1 atom stereocenters. The molecule has 0 aliphatic rings. The molecule has 1 amide bonds. The number of hydrogen-bond acceptors (Lipinski definition) is 4. The molecule has 0 aromatic heterocycles. The molecule has 114 valence electrons. The first-order valence-corrected chi connectivity index (χ1v) is 6.68. The first-order chi connectivity index (χ1) is 9.97. The molecule has 0 heterocycles. The summed E-state index contributed by atoms with van der Waals surface area (Å²) in [4.78, 5) is 23.4. The van der Waals surface area contributed by atoms with E-state index in [9.17, 15) is 9.59 Å². The lowest BCUT2D eigenvalue weighted by molar-refractivity contribution is -0.145. The van der Waals surface area contributed by atoms with Crippen LogP contribution in [-0.2, 0) is 14.3 Å². The van der Waals surface area contributed by atoms with Crippen LogP contribution in [0.25, 0.3) is 6.08 Å². The van der Waals surface area contributed by atoms with Crippen LogP contribution in [0.1, 0.15) is 19.4 Å². The van der Waals surface area contributed by atoms with Crippen molar-refractivity contribution < 1.29 is 19.1 Å². The Kier molecular flexibility index (Phi) is 6.46. The molecule has 5 heteroatoms. The molecule has 0 bridgehead atoms. The van der Waals surface area contributed by atoms with Crippen molar-refractivity contribution in [3.63, 3.8) is 0 Å². The highest BCUT2D eigenvalue weighted by Crippen LogP contribution is 2.12. The summed E-state index contributed by atoms with van der Waals surface area (Å²) < 4.78 is 9.73. The van der Waals surface area contributed by atoms with Crippen LogP contribution in [0.15, 0.2) is 30.3 Å². The topological polar surface area (TPSA) is 64.6 Å². The number of nitrogens with one attached hydrogen (secondary N) is 1. The molecule has 1 aromatic rings. The minimum absolute atomic E-state index is 0.0456. The van der Waals surface area contributed by atoms with E-state index in [0.29, 0.717) is 0 Å². The first-order valence-electron chi connectivity index (χ1n) is 6.68. The van der Waals surface area contributed by atoms with Gasteiger partial charge in [-0.3, -0.25) is 4.79 Å². The van der Waals surface area contributed by atoms with Crippen molar-refractivity contribution in [2.75, 3.05) is 14.2 Å². The van der Waals surface area contributed by atoms with E-state index in [0.717, 1.165) is 11.3 Å². The Balaban J connectivity index is 2.66. The number of carbonyl (C=O) groups is 2. The van der Waals surface area contributed by atoms with Gasteiger partial charge >= 0.3 is 5.97 Å². The molecule has 1 aromatic carbocycles. The van der Waals surface area contributed by atoms with Crippen molar-refractivity contribution in [1.82, 2.24) is 5.32 Å². The number of carbonyl (C=O) groups excluding carboxylic acids is 2. The smallest absolute Gasteiger partial charge is 0.328 e. The van der Waals surface area contributed by atoms with Crippen LogP contribution in [0.2, 0.25) is 0 Å². The maximum Gasteiger partial charge on any atom is 0.328 e. The van der Waals surface area contributed by atoms with E-state index in [1.54, 1.807) is 13.2 Å². The summed E-state index contributed by atoms with van der Waals surface area (Å²) in [5.74, 6) is -0.0796. The van der Waals surface area contributed by atoms with Gasteiger partial charge in [-0.15, -0.1) is 0 Å². The third kappa shape index (κ3) is 5.30. The van der Waals surface area contributed by atoms with Crippen molar-refractivity contribution in [2.45, 2.75) is 19.9 Å². The second kappa shape index (κ2) is 8.09. The molecule has 1 rings (SSSR count). The lowest BCUT2D eigenvalue weighted by Crippen LogP contribution is -2.44. The Bertz CT molecular complexity index is 506. The minimum atomic E-state index is -0.650. The number of ether oxygens (including phenoxy) is 2. The monoisotopic (exact) mass is 291 g/mol. The van der Waals surface area contributed by atoms with E-state index in [1.807, 2.05) is 38.1 Å². The minimum Gasteiger partial charge on any atom is -0.497 e. The number of amides is 1. The molecule has 0 aliphatic carbocycles.